The molecule has 27 heavy (non-hydrogen) atoms. The number of carbonyl (C=O) groups excluding carboxylic acids is 2. The molecule has 1 heterocycles. The van der Waals surface area contributed by atoms with Crippen LogP contribution >= 0.6 is 11.8 Å². The van der Waals surface area contributed by atoms with Gasteiger partial charge in [0.25, 0.3) is 5.91 Å². The molecule has 142 valence electrons. The molecule has 2 aromatic carbocycles. The van der Waals surface area contributed by atoms with Gasteiger partial charge in [0.1, 0.15) is 5.82 Å². The summed E-state index contributed by atoms with van der Waals surface area (Å²) in [4.78, 5) is 27.5. The summed E-state index contributed by atoms with van der Waals surface area (Å²) >= 11 is 1.41. The lowest BCUT2D eigenvalue weighted by molar-refractivity contribution is -0.127. The predicted molar refractivity (Wildman–Crippen MR) is 105 cm³/mol. The molecule has 1 saturated heterocycles. The summed E-state index contributed by atoms with van der Waals surface area (Å²) in [5, 5.41) is 2.90. The second-order valence-corrected chi connectivity index (χ2v) is 7.52. The lowest BCUT2D eigenvalue weighted by Crippen LogP contribution is -2.29. The SMILES string of the molecule is O=C(NCCc1ccc(F)cc1)c1ccccc1SCC(=O)N1CCCC1. The third kappa shape index (κ3) is 5.57. The van der Waals surface area contributed by atoms with Gasteiger partial charge in [0.2, 0.25) is 5.91 Å². The van der Waals surface area contributed by atoms with E-state index >= 15 is 0 Å². The minimum absolute atomic E-state index is 0.129. The lowest BCUT2D eigenvalue weighted by Gasteiger charge is -2.15. The summed E-state index contributed by atoms with van der Waals surface area (Å²) in [7, 11) is 0. The van der Waals surface area contributed by atoms with E-state index in [1.165, 1.54) is 23.9 Å². The molecule has 0 radical (unpaired) electrons. The molecule has 1 fully saturated rings. The number of nitrogens with one attached hydrogen (secondary N) is 1. The fourth-order valence-electron chi connectivity index (χ4n) is 3.04. The number of amides is 2. The van der Waals surface area contributed by atoms with Gasteiger partial charge >= 0.3 is 0 Å². The van der Waals surface area contributed by atoms with Gasteiger partial charge in [-0.25, -0.2) is 4.39 Å². The first-order chi connectivity index (χ1) is 13.1. The number of rotatable bonds is 7. The van der Waals surface area contributed by atoms with E-state index in [9.17, 15) is 14.0 Å². The van der Waals surface area contributed by atoms with Crippen molar-refractivity contribution in [2.75, 3.05) is 25.4 Å². The zero-order chi connectivity index (χ0) is 19.1. The number of carbonyl (C=O) groups is 2. The number of halogens is 1. The summed E-state index contributed by atoms with van der Waals surface area (Å²) < 4.78 is 12.9. The Labute approximate surface area is 163 Å². The minimum Gasteiger partial charge on any atom is -0.352 e. The van der Waals surface area contributed by atoms with Gasteiger partial charge in [-0.05, 0) is 49.1 Å². The lowest BCUT2D eigenvalue weighted by atomic mass is 10.1. The molecule has 1 N–H and O–H groups in total. The van der Waals surface area contributed by atoms with Crippen molar-refractivity contribution >= 4 is 23.6 Å². The van der Waals surface area contributed by atoms with E-state index in [4.69, 9.17) is 0 Å². The first kappa shape index (κ1) is 19.4. The van der Waals surface area contributed by atoms with Crippen LogP contribution in [0.25, 0.3) is 0 Å². The second kappa shape index (κ2) is 9.55. The zero-order valence-electron chi connectivity index (χ0n) is 15.1. The first-order valence-corrected chi connectivity index (χ1v) is 10.1. The normalized spacial score (nSPS) is 13.6. The fraction of sp³-hybridized carbons (Fsp3) is 0.333. The van der Waals surface area contributed by atoms with Crippen molar-refractivity contribution in [3.63, 3.8) is 0 Å². The van der Waals surface area contributed by atoms with Crippen LogP contribution < -0.4 is 5.32 Å². The van der Waals surface area contributed by atoms with Crippen molar-refractivity contribution < 1.29 is 14.0 Å². The van der Waals surface area contributed by atoms with Crippen molar-refractivity contribution in [2.45, 2.75) is 24.2 Å². The average molecular weight is 386 g/mol. The maximum absolute atomic E-state index is 12.9. The van der Waals surface area contributed by atoms with Gasteiger partial charge in [0, 0.05) is 24.5 Å². The van der Waals surface area contributed by atoms with E-state index in [1.807, 2.05) is 23.1 Å². The van der Waals surface area contributed by atoms with E-state index in [2.05, 4.69) is 5.32 Å². The largest absolute Gasteiger partial charge is 0.352 e. The molecule has 0 spiro atoms. The molecule has 4 nitrogen and oxygen atoms in total. The monoisotopic (exact) mass is 386 g/mol. The molecular weight excluding hydrogens is 363 g/mol. The molecule has 0 unspecified atom stereocenters. The van der Waals surface area contributed by atoms with E-state index < -0.39 is 0 Å². The molecule has 2 amide bonds. The van der Waals surface area contributed by atoms with Gasteiger partial charge < -0.3 is 10.2 Å². The van der Waals surface area contributed by atoms with Crippen molar-refractivity contribution in [2.24, 2.45) is 0 Å². The number of benzene rings is 2. The summed E-state index contributed by atoms with van der Waals surface area (Å²) in [5.41, 5.74) is 1.55. The van der Waals surface area contributed by atoms with E-state index in [0.29, 0.717) is 24.3 Å². The average Bonchev–Trinajstić information content (AvgIpc) is 3.23. The van der Waals surface area contributed by atoms with Gasteiger partial charge in [-0.15, -0.1) is 11.8 Å². The van der Waals surface area contributed by atoms with Gasteiger partial charge in [-0.1, -0.05) is 24.3 Å². The van der Waals surface area contributed by atoms with Gasteiger partial charge in [0.05, 0.1) is 11.3 Å². The Balaban J connectivity index is 1.53. The number of hydrogen-bond donors (Lipinski definition) is 1. The van der Waals surface area contributed by atoms with Crippen LogP contribution in [0.5, 0.6) is 0 Å². The number of likely N-dealkylation sites (tertiary alicyclic amines) is 1. The third-order valence-corrected chi connectivity index (χ3v) is 5.61. The Hall–Kier alpha value is -2.34. The van der Waals surface area contributed by atoms with Crippen molar-refractivity contribution in [1.29, 1.82) is 0 Å². The Bertz CT molecular complexity index is 789. The smallest absolute Gasteiger partial charge is 0.252 e. The van der Waals surface area contributed by atoms with Crippen LogP contribution in [0.3, 0.4) is 0 Å². The van der Waals surface area contributed by atoms with Crippen LogP contribution in [-0.4, -0.2) is 42.1 Å². The second-order valence-electron chi connectivity index (χ2n) is 6.51. The molecule has 1 aliphatic heterocycles. The van der Waals surface area contributed by atoms with E-state index in [0.717, 1.165) is 36.4 Å². The maximum atomic E-state index is 12.9. The number of nitrogens with zero attached hydrogens (tertiary/aromatic N) is 1. The van der Waals surface area contributed by atoms with Crippen LogP contribution in [0.1, 0.15) is 28.8 Å². The first-order valence-electron chi connectivity index (χ1n) is 9.16. The number of hydrogen-bond acceptors (Lipinski definition) is 3. The molecule has 3 rings (SSSR count). The molecule has 0 bridgehead atoms. The zero-order valence-corrected chi connectivity index (χ0v) is 15.9. The Morgan fingerprint density at radius 1 is 1.04 bits per heavy atom. The summed E-state index contributed by atoms with van der Waals surface area (Å²) in [5.74, 6) is 0.0509. The van der Waals surface area contributed by atoms with Crippen molar-refractivity contribution in [3.8, 4) is 0 Å². The molecule has 2 aromatic rings. The maximum Gasteiger partial charge on any atom is 0.252 e. The minimum atomic E-state index is -0.266. The van der Waals surface area contributed by atoms with E-state index in [-0.39, 0.29) is 17.6 Å². The molecule has 0 atom stereocenters. The predicted octanol–water partition coefficient (Wildman–Crippen LogP) is 3.51. The van der Waals surface area contributed by atoms with Crippen LogP contribution in [0, 0.1) is 5.82 Å². The highest BCUT2D eigenvalue weighted by Crippen LogP contribution is 2.23. The van der Waals surface area contributed by atoms with Gasteiger partial charge in [0.15, 0.2) is 0 Å². The Kier molecular flexibility index (Phi) is 6.87. The summed E-state index contributed by atoms with van der Waals surface area (Å²) in [6, 6.07) is 13.6. The Morgan fingerprint density at radius 3 is 2.48 bits per heavy atom. The van der Waals surface area contributed by atoms with Crippen molar-refractivity contribution in [3.05, 3.63) is 65.5 Å². The highest BCUT2D eigenvalue weighted by Gasteiger charge is 2.19. The van der Waals surface area contributed by atoms with Crippen LogP contribution in [0.15, 0.2) is 53.4 Å². The molecule has 0 aromatic heterocycles. The van der Waals surface area contributed by atoms with Crippen LogP contribution in [-0.2, 0) is 11.2 Å². The standard InChI is InChI=1S/C21H23FN2O2S/c22-17-9-7-16(8-10-17)11-12-23-21(26)18-5-1-2-6-19(18)27-15-20(25)24-13-3-4-14-24/h1-2,5-10H,3-4,11-15H2,(H,23,26). The molecule has 0 aliphatic carbocycles. The fourth-order valence-corrected chi connectivity index (χ4v) is 4.00. The van der Waals surface area contributed by atoms with Crippen molar-refractivity contribution in [1.82, 2.24) is 10.2 Å². The molecule has 0 saturated carbocycles. The molecular formula is C21H23FN2O2S. The summed E-state index contributed by atoms with van der Waals surface area (Å²) in [6.07, 6.45) is 2.78. The number of thioether (sulfide) groups is 1. The Morgan fingerprint density at radius 2 is 1.74 bits per heavy atom. The highest BCUT2D eigenvalue weighted by atomic mass is 32.2. The van der Waals surface area contributed by atoms with Crippen LogP contribution in [0.4, 0.5) is 4.39 Å². The topological polar surface area (TPSA) is 49.4 Å². The van der Waals surface area contributed by atoms with Gasteiger partial charge in [-0.3, -0.25) is 9.59 Å². The summed E-state index contributed by atoms with van der Waals surface area (Å²) in [6.45, 7) is 2.14. The highest BCUT2D eigenvalue weighted by molar-refractivity contribution is 8.00. The van der Waals surface area contributed by atoms with Crippen LogP contribution in [0.2, 0.25) is 0 Å². The molecule has 1 aliphatic rings. The van der Waals surface area contributed by atoms with E-state index in [1.54, 1.807) is 18.2 Å². The third-order valence-electron chi connectivity index (χ3n) is 4.55. The van der Waals surface area contributed by atoms with Gasteiger partial charge in [-0.2, -0.15) is 0 Å². The molecule has 6 heteroatoms. The quantitative estimate of drug-likeness (QED) is 0.741.